The topological polar surface area (TPSA) is 39.2 Å². The molecule has 3 nitrogen and oxygen atoms in total. The molecule has 1 aliphatic carbocycles. The molecule has 0 N–H and O–H groups in total. The number of aldehydes is 1. The molecule has 1 saturated carbocycles. The van der Waals surface area contributed by atoms with Crippen LogP contribution in [0.2, 0.25) is 0 Å². The molecule has 2 aromatic rings. The maximum absolute atomic E-state index is 10.8. The van der Waals surface area contributed by atoms with Gasteiger partial charge in [-0.2, -0.15) is 0 Å². The third kappa shape index (κ3) is 3.13. The van der Waals surface area contributed by atoms with Gasteiger partial charge in [-0.25, -0.2) is 0 Å². The van der Waals surface area contributed by atoms with Gasteiger partial charge in [-0.05, 0) is 49.4 Å². The van der Waals surface area contributed by atoms with Gasteiger partial charge in [0.15, 0.2) is 0 Å². The van der Waals surface area contributed by atoms with E-state index in [1.807, 2.05) is 18.2 Å². The number of fused-ring (bicyclic) bond motifs is 1. The summed E-state index contributed by atoms with van der Waals surface area (Å²) in [6, 6.07) is 9.88. The summed E-state index contributed by atoms with van der Waals surface area (Å²) in [7, 11) is 1.78. The maximum Gasteiger partial charge on any atom is 0.150 e. The van der Waals surface area contributed by atoms with Crippen molar-refractivity contribution < 1.29 is 9.53 Å². The average molecular weight is 283 g/mol. The van der Waals surface area contributed by atoms with E-state index in [9.17, 15) is 4.79 Å². The molecule has 1 fully saturated rings. The number of carbonyl (C=O) groups is 1. The number of pyridine rings is 1. The summed E-state index contributed by atoms with van der Waals surface area (Å²) in [4.78, 5) is 15.6. The highest BCUT2D eigenvalue weighted by atomic mass is 16.5. The van der Waals surface area contributed by atoms with E-state index in [4.69, 9.17) is 9.72 Å². The minimum absolute atomic E-state index is 0.536. The lowest BCUT2D eigenvalue weighted by atomic mass is 9.80. The first-order chi connectivity index (χ1) is 10.3. The van der Waals surface area contributed by atoms with Gasteiger partial charge in [-0.15, -0.1) is 0 Å². The fourth-order valence-corrected chi connectivity index (χ4v) is 3.41. The number of nitrogens with zero attached hydrogens (tertiary/aromatic N) is 1. The second kappa shape index (κ2) is 6.35. The molecule has 0 amide bonds. The number of hydrogen-bond donors (Lipinski definition) is 0. The predicted molar refractivity (Wildman–Crippen MR) is 83.7 cm³/mol. The third-order valence-corrected chi connectivity index (χ3v) is 4.47. The molecule has 0 radical (unpaired) electrons. The number of hydrogen-bond acceptors (Lipinski definition) is 3. The zero-order valence-electron chi connectivity index (χ0n) is 12.4. The van der Waals surface area contributed by atoms with E-state index in [2.05, 4.69) is 12.1 Å². The molecule has 1 aromatic heterocycles. The highest BCUT2D eigenvalue weighted by Crippen LogP contribution is 2.36. The van der Waals surface area contributed by atoms with Crippen LogP contribution < -0.4 is 0 Å². The van der Waals surface area contributed by atoms with E-state index >= 15 is 0 Å². The van der Waals surface area contributed by atoms with Crippen LogP contribution in [0.15, 0.2) is 30.3 Å². The largest absolute Gasteiger partial charge is 0.384 e. The van der Waals surface area contributed by atoms with E-state index in [0.717, 1.165) is 23.8 Å². The predicted octanol–water partition coefficient (Wildman–Crippen LogP) is 3.97. The highest BCUT2D eigenvalue weighted by Gasteiger charge is 2.24. The third-order valence-electron chi connectivity index (χ3n) is 4.47. The first-order valence-corrected chi connectivity index (χ1v) is 7.65. The Bertz CT molecular complexity index is 636. The Morgan fingerprint density at radius 3 is 3.00 bits per heavy atom. The molecule has 0 aliphatic heterocycles. The summed E-state index contributed by atoms with van der Waals surface area (Å²) in [5.41, 5.74) is 2.86. The minimum Gasteiger partial charge on any atom is -0.384 e. The van der Waals surface area contributed by atoms with Crippen molar-refractivity contribution in [2.75, 3.05) is 13.7 Å². The van der Waals surface area contributed by atoms with Crippen molar-refractivity contribution in [3.05, 3.63) is 41.6 Å². The molecule has 1 heterocycles. The molecule has 0 saturated heterocycles. The second-order valence-corrected chi connectivity index (χ2v) is 5.99. The monoisotopic (exact) mass is 283 g/mol. The molecule has 1 aliphatic rings. The quantitative estimate of drug-likeness (QED) is 0.797. The molecule has 0 unspecified atom stereocenters. The standard InChI is InChI=1S/C18H21NO2/c1-21-12-14-3-2-4-15(10-14)18-8-6-16-9-13(11-20)5-7-17(16)19-18/h5-9,11,14-15H,2-4,10,12H2,1H3/t14-,15+/m0/s1. The number of carbonyl (C=O) groups excluding carboxylic acids is 1. The summed E-state index contributed by atoms with van der Waals surface area (Å²) in [5, 5.41) is 1.03. The molecule has 21 heavy (non-hydrogen) atoms. The van der Waals surface area contributed by atoms with Gasteiger partial charge < -0.3 is 4.74 Å². The van der Waals surface area contributed by atoms with Crippen molar-refractivity contribution in [2.45, 2.75) is 31.6 Å². The van der Waals surface area contributed by atoms with Crippen LogP contribution in [0.1, 0.15) is 47.7 Å². The zero-order chi connectivity index (χ0) is 14.7. The van der Waals surface area contributed by atoms with Gasteiger partial charge in [0.2, 0.25) is 0 Å². The molecular weight excluding hydrogens is 262 g/mol. The summed E-state index contributed by atoms with van der Waals surface area (Å²) in [6.07, 6.45) is 5.77. The van der Waals surface area contributed by atoms with Gasteiger partial charge >= 0.3 is 0 Å². The van der Waals surface area contributed by atoms with Crippen LogP contribution in [0, 0.1) is 5.92 Å². The molecule has 0 bridgehead atoms. The Kier molecular flexibility index (Phi) is 4.30. The van der Waals surface area contributed by atoms with Crippen molar-refractivity contribution in [3.8, 4) is 0 Å². The summed E-state index contributed by atoms with van der Waals surface area (Å²) >= 11 is 0. The zero-order valence-corrected chi connectivity index (χ0v) is 12.4. The Morgan fingerprint density at radius 2 is 2.19 bits per heavy atom. The number of benzene rings is 1. The molecule has 110 valence electrons. The summed E-state index contributed by atoms with van der Waals surface area (Å²) < 4.78 is 5.31. The molecular formula is C18H21NO2. The van der Waals surface area contributed by atoms with Crippen LogP contribution in [-0.4, -0.2) is 25.0 Å². The van der Waals surface area contributed by atoms with Gasteiger partial charge in [-0.3, -0.25) is 9.78 Å². The van der Waals surface area contributed by atoms with Crippen LogP contribution in [0.25, 0.3) is 10.9 Å². The Balaban J connectivity index is 1.85. The van der Waals surface area contributed by atoms with E-state index in [1.54, 1.807) is 7.11 Å². The number of rotatable bonds is 4. The highest BCUT2D eigenvalue weighted by molar-refractivity contribution is 5.86. The minimum atomic E-state index is 0.536. The molecule has 1 aromatic carbocycles. The van der Waals surface area contributed by atoms with E-state index in [-0.39, 0.29) is 0 Å². The molecule has 0 spiro atoms. The Hall–Kier alpha value is -1.74. The lowest BCUT2D eigenvalue weighted by Gasteiger charge is -2.28. The van der Waals surface area contributed by atoms with Crippen LogP contribution in [-0.2, 0) is 4.74 Å². The van der Waals surface area contributed by atoms with E-state index in [0.29, 0.717) is 17.4 Å². The van der Waals surface area contributed by atoms with Gasteiger partial charge in [0.25, 0.3) is 0 Å². The first kappa shape index (κ1) is 14.2. The Morgan fingerprint density at radius 1 is 1.29 bits per heavy atom. The lowest BCUT2D eigenvalue weighted by molar-refractivity contribution is 0.112. The van der Waals surface area contributed by atoms with Crippen molar-refractivity contribution in [1.29, 1.82) is 0 Å². The van der Waals surface area contributed by atoms with Gasteiger partial charge in [-0.1, -0.05) is 12.5 Å². The smallest absolute Gasteiger partial charge is 0.150 e. The van der Waals surface area contributed by atoms with Crippen molar-refractivity contribution in [2.24, 2.45) is 5.92 Å². The van der Waals surface area contributed by atoms with Gasteiger partial charge in [0.1, 0.15) is 6.29 Å². The molecule has 2 atom stereocenters. The number of ether oxygens (including phenoxy) is 1. The van der Waals surface area contributed by atoms with Crippen molar-refractivity contribution in [1.82, 2.24) is 4.98 Å². The second-order valence-electron chi connectivity index (χ2n) is 5.99. The number of aromatic nitrogens is 1. The van der Waals surface area contributed by atoms with Gasteiger partial charge in [0.05, 0.1) is 5.52 Å². The molecule has 3 heteroatoms. The molecule has 3 rings (SSSR count). The number of methoxy groups -OCH3 is 1. The summed E-state index contributed by atoms with van der Waals surface area (Å²) in [6.45, 7) is 0.854. The Labute approximate surface area is 125 Å². The fourth-order valence-electron chi connectivity index (χ4n) is 3.41. The van der Waals surface area contributed by atoms with E-state index in [1.165, 1.54) is 31.4 Å². The van der Waals surface area contributed by atoms with E-state index < -0.39 is 0 Å². The lowest BCUT2D eigenvalue weighted by Crippen LogP contribution is -2.18. The normalized spacial score (nSPS) is 22.3. The van der Waals surface area contributed by atoms with Gasteiger partial charge in [0, 0.05) is 36.3 Å². The first-order valence-electron chi connectivity index (χ1n) is 7.65. The SMILES string of the molecule is COC[C@H]1CCC[C@@H](c2ccc3cc(C=O)ccc3n2)C1. The average Bonchev–Trinajstić information content (AvgIpc) is 2.54. The van der Waals surface area contributed by atoms with Crippen LogP contribution in [0.4, 0.5) is 0 Å². The summed E-state index contributed by atoms with van der Waals surface area (Å²) in [5.74, 6) is 1.19. The fraction of sp³-hybridized carbons (Fsp3) is 0.444. The van der Waals surface area contributed by atoms with Crippen LogP contribution in [0.5, 0.6) is 0 Å². The van der Waals surface area contributed by atoms with Crippen LogP contribution >= 0.6 is 0 Å². The van der Waals surface area contributed by atoms with Crippen LogP contribution in [0.3, 0.4) is 0 Å². The maximum atomic E-state index is 10.8. The van der Waals surface area contributed by atoms with Crippen molar-refractivity contribution in [3.63, 3.8) is 0 Å². The van der Waals surface area contributed by atoms with Crippen molar-refractivity contribution >= 4 is 17.2 Å².